The number of imide groups is 1. The number of benzene rings is 1. The molecule has 0 saturated carbocycles. The van der Waals surface area contributed by atoms with Crippen LogP contribution in [0.2, 0.25) is 5.02 Å². The molecule has 47 heavy (non-hydrogen) atoms. The predicted octanol–water partition coefficient (Wildman–Crippen LogP) is 4.08. The number of alkyl halides is 3. The Hall–Kier alpha value is -4.63. The number of pyridine rings is 2. The summed E-state index contributed by atoms with van der Waals surface area (Å²) in [7, 11) is 0. The van der Waals surface area contributed by atoms with Gasteiger partial charge in [-0.2, -0.15) is 18.3 Å². The van der Waals surface area contributed by atoms with E-state index in [1.807, 2.05) is 0 Å². The highest BCUT2D eigenvalue weighted by atomic mass is 35.5. The zero-order valence-electron chi connectivity index (χ0n) is 24.7. The van der Waals surface area contributed by atoms with Crippen molar-refractivity contribution in [3.05, 3.63) is 69.8 Å². The summed E-state index contributed by atoms with van der Waals surface area (Å²) in [6.07, 6.45) is -2.09. The highest BCUT2D eigenvalue weighted by Gasteiger charge is 2.40. The lowest BCUT2D eigenvalue weighted by molar-refractivity contribution is -0.138. The van der Waals surface area contributed by atoms with Crippen LogP contribution in [-0.4, -0.2) is 72.2 Å². The molecule has 0 unspecified atom stereocenters. The molecule has 244 valence electrons. The Labute approximate surface area is 269 Å². The van der Waals surface area contributed by atoms with Crippen molar-refractivity contribution in [1.29, 1.82) is 0 Å². The van der Waals surface area contributed by atoms with E-state index in [0.717, 1.165) is 0 Å². The van der Waals surface area contributed by atoms with Gasteiger partial charge in [0.15, 0.2) is 17.3 Å². The van der Waals surface area contributed by atoms with Gasteiger partial charge in [0.25, 0.3) is 5.91 Å². The van der Waals surface area contributed by atoms with Crippen LogP contribution in [0.25, 0.3) is 22.3 Å². The molecule has 0 radical (unpaired) electrons. The van der Waals surface area contributed by atoms with Gasteiger partial charge in [-0.25, -0.2) is 14.1 Å². The topological polar surface area (TPSA) is 134 Å². The number of nitrogens with zero attached hydrogens (tertiary/aromatic N) is 6. The molecule has 1 aromatic carbocycles. The average molecular weight is 672 g/mol. The second-order valence-electron chi connectivity index (χ2n) is 12.3. The number of carbonyl (C=O) groups excluding carboxylic acids is 3. The number of rotatable bonds is 5. The summed E-state index contributed by atoms with van der Waals surface area (Å²) in [5.74, 6) is -2.22. The molecule has 0 aliphatic carbocycles. The van der Waals surface area contributed by atoms with E-state index in [2.05, 4.69) is 20.4 Å². The van der Waals surface area contributed by atoms with Gasteiger partial charge in [-0.3, -0.25) is 24.7 Å². The molecule has 3 amide bonds. The Morgan fingerprint density at radius 3 is 2.64 bits per heavy atom. The molecular weight excluding hydrogens is 646 g/mol. The van der Waals surface area contributed by atoms with Crippen LogP contribution in [0.4, 0.5) is 23.4 Å². The number of nitrogens with one attached hydrogen (secondary N) is 1. The van der Waals surface area contributed by atoms with E-state index in [1.165, 1.54) is 15.8 Å². The van der Waals surface area contributed by atoms with Crippen molar-refractivity contribution in [2.24, 2.45) is 0 Å². The monoisotopic (exact) mass is 671 g/mol. The molecule has 2 saturated heterocycles. The number of aliphatic hydroxyl groups is 1. The van der Waals surface area contributed by atoms with Gasteiger partial charge in [-0.1, -0.05) is 23.7 Å². The van der Waals surface area contributed by atoms with Gasteiger partial charge in [0.05, 0.1) is 45.6 Å². The fourth-order valence-electron chi connectivity index (χ4n) is 6.41. The van der Waals surface area contributed by atoms with Gasteiger partial charge in [0.2, 0.25) is 11.8 Å². The first-order chi connectivity index (χ1) is 22.2. The molecule has 2 atom stereocenters. The first-order valence-electron chi connectivity index (χ1n) is 14.7. The first-order valence-corrected chi connectivity index (χ1v) is 15.1. The number of amides is 3. The van der Waals surface area contributed by atoms with E-state index in [0.29, 0.717) is 35.4 Å². The Bertz CT molecular complexity index is 2000. The smallest absolute Gasteiger partial charge is 0.388 e. The summed E-state index contributed by atoms with van der Waals surface area (Å²) in [4.78, 5) is 48.7. The molecule has 3 aromatic heterocycles. The number of fused-ring (bicyclic) bond motifs is 2. The van der Waals surface area contributed by atoms with Crippen LogP contribution < -0.4 is 10.2 Å². The number of aromatic nitrogens is 4. The van der Waals surface area contributed by atoms with Crippen molar-refractivity contribution in [2.45, 2.75) is 57.1 Å². The number of piperidine rings is 1. The number of β-amino-alcohol motifs (C(OH)–C–C–N with tert-alkyl or cyclic N) is 1. The molecule has 6 heterocycles. The summed E-state index contributed by atoms with van der Waals surface area (Å²) >= 11 is 6.28. The summed E-state index contributed by atoms with van der Waals surface area (Å²) in [6.45, 7) is 2.23. The number of hydrogen-bond donors (Lipinski definition) is 2. The van der Waals surface area contributed by atoms with E-state index in [-0.39, 0.29) is 78.9 Å². The van der Waals surface area contributed by atoms with E-state index >= 15 is 4.39 Å². The lowest BCUT2D eigenvalue weighted by Crippen LogP contribution is -2.52. The van der Waals surface area contributed by atoms with E-state index in [9.17, 15) is 32.7 Å². The predicted molar refractivity (Wildman–Crippen MR) is 160 cm³/mol. The maximum Gasteiger partial charge on any atom is 0.417 e. The largest absolute Gasteiger partial charge is 0.417 e. The van der Waals surface area contributed by atoms with Crippen molar-refractivity contribution in [2.75, 3.05) is 18.0 Å². The third-order valence-electron chi connectivity index (χ3n) is 8.79. The Kier molecular flexibility index (Phi) is 7.24. The van der Waals surface area contributed by atoms with Crippen molar-refractivity contribution < 1.29 is 37.1 Å². The van der Waals surface area contributed by atoms with Gasteiger partial charge in [0, 0.05) is 37.8 Å². The average Bonchev–Trinajstić information content (AvgIpc) is 3.67. The molecule has 16 heteroatoms. The van der Waals surface area contributed by atoms with Crippen LogP contribution in [-0.2, 0) is 28.9 Å². The number of hydrogen-bond acceptors (Lipinski definition) is 8. The Morgan fingerprint density at radius 2 is 1.96 bits per heavy atom. The van der Waals surface area contributed by atoms with Crippen LogP contribution >= 0.6 is 11.6 Å². The lowest BCUT2D eigenvalue weighted by atomic mass is 10.0. The molecule has 3 aliphatic rings. The minimum absolute atomic E-state index is 0.0622. The fraction of sp³-hybridized carbons (Fsp3) is 0.355. The third kappa shape index (κ3) is 5.46. The molecular formula is C31H26ClF4N7O4. The summed E-state index contributed by atoms with van der Waals surface area (Å²) in [5, 5.41) is 17.0. The summed E-state index contributed by atoms with van der Waals surface area (Å²) in [5.41, 5.74) is -0.599. The first kappa shape index (κ1) is 31.0. The van der Waals surface area contributed by atoms with Crippen LogP contribution in [0.3, 0.4) is 0 Å². The lowest BCUT2D eigenvalue weighted by Gasteiger charge is -2.29. The zero-order valence-corrected chi connectivity index (χ0v) is 25.5. The normalized spacial score (nSPS) is 21.6. The second kappa shape index (κ2) is 11.0. The molecule has 2 N–H and O–H groups in total. The van der Waals surface area contributed by atoms with Crippen LogP contribution in [0, 0.1) is 5.82 Å². The fourth-order valence-corrected chi connectivity index (χ4v) is 6.67. The van der Waals surface area contributed by atoms with Gasteiger partial charge < -0.3 is 14.9 Å². The van der Waals surface area contributed by atoms with Crippen LogP contribution in [0.1, 0.15) is 53.2 Å². The van der Waals surface area contributed by atoms with E-state index in [1.54, 1.807) is 30.0 Å². The standard InChI is InChI=1S/C31H26ClF4N7O4/c1-30(47)6-7-41(14-30)27-24(33)23(25-20(32)9-17(10-37-25)31(34,35)36)19-11-38-43(26(19)40-27)12-15-2-3-18-16(8-15)13-42(29(18)46)21-4-5-22(44)39-28(21)45/h2-3,8-11,21,47H,4-7,12-14H2,1H3,(H,39,44,45)/t21-,30-/m0/s1. The highest BCUT2D eigenvalue weighted by Crippen LogP contribution is 2.41. The van der Waals surface area contributed by atoms with Crippen molar-refractivity contribution >= 4 is 46.2 Å². The van der Waals surface area contributed by atoms with Crippen LogP contribution in [0.5, 0.6) is 0 Å². The van der Waals surface area contributed by atoms with Crippen LogP contribution in [0.15, 0.2) is 36.7 Å². The van der Waals surface area contributed by atoms with Crippen molar-refractivity contribution in [3.63, 3.8) is 0 Å². The van der Waals surface area contributed by atoms with Crippen molar-refractivity contribution in [1.82, 2.24) is 30.0 Å². The zero-order chi connectivity index (χ0) is 33.4. The minimum Gasteiger partial charge on any atom is -0.388 e. The molecule has 0 spiro atoms. The van der Waals surface area contributed by atoms with Gasteiger partial charge in [-0.15, -0.1) is 0 Å². The van der Waals surface area contributed by atoms with Gasteiger partial charge in [-0.05, 0) is 43.0 Å². The van der Waals surface area contributed by atoms with Gasteiger partial charge >= 0.3 is 6.18 Å². The third-order valence-corrected chi connectivity index (χ3v) is 9.07. The number of halogens is 5. The van der Waals surface area contributed by atoms with Crippen molar-refractivity contribution in [3.8, 4) is 11.3 Å². The quantitative estimate of drug-likeness (QED) is 0.240. The molecule has 7 rings (SSSR count). The van der Waals surface area contributed by atoms with Gasteiger partial charge in [0.1, 0.15) is 6.04 Å². The summed E-state index contributed by atoms with van der Waals surface area (Å²) < 4.78 is 57.9. The second-order valence-corrected chi connectivity index (χ2v) is 12.7. The Balaban J connectivity index is 1.27. The molecule has 11 nitrogen and oxygen atoms in total. The van der Waals surface area contributed by atoms with E-state index < -0.39 is 40.1 Å². The number of carbonyl (C=O) groups is 3. The maximum atomic E-state index is 16.3. The SMILES string of the molecule is C[C@]1(O)CCN(c2nc3c(cnn3Cc3ccc4c(c3)CN([C@H]3CCC(=O)NC3=O)C4=O)c(-c3ncc(C(F)(F)F)cc3Cl)c2F)C1. The van der Waals surface area contributed by atoms with E-state index in [4.69, 9.17) is 11.6 Å². The molecule has 0 bridgehead atoms. The minimum atomic E-state index is -4.71. The Morgan fingerprint density at radius 1 is 1.17 bits per heavy atom. The highest BCUT2D eigenvalue weighted by molar-refractivity contribution is 6.33. The molecule has 4 aromatic rings. The molecule has 2 fully saturated rings. The molecule has 3 aliphatic heterocycles. The number of anilines is 1. The maximum absolute atomic E-state index is 16.3. The summed E-state index contributed by atoms with van der Waals surface area (Å²) in [6, 6.07) is 5.08.